The van der Waals surface area contributed by atoms with Gasteiger partial charge in [0.15, 0.2) is 0 Å². The van der Waals surface area contributed by atoms with Gasteiger partial charge < -0.3 is 9.84 Å². The normalized spacial score (nSPS) is 31.6. The maximum absolute atomic E-state index is 10.6. The lowest BCUT2D eigenvalue weighted by Crippen LogP contribution is -2.57. The van der Waals surface area contributed by atoms with Crippen LogP contribution < -0.4 is 0 Å². The molecule has 2 fully saturated rings. The van der Waals surface area contributed by atoms with Crippen molar-refractivity contribution >= 4 is 0 Å². The average Bonchev–Trinajstić information content (AvgIpc) is 2.34. The second kappa shape index (κ2) is 4.77. The van der Waals surface area contributed by atoms with Crippen molar-refractivity contribution in [2.24, 2.45) is 5.41 Å². The molecule has 0 heterocycles. The molecule has 0 saturated heterocycles. The molecule has 0 radical (unpaired) electrons. The van der Waals surface area contributed by atoms with E-state index in [0.29, 0.717) is 13.2 Å². The van der Waals surface area contributed by atoms with Crippen molar-refractivity contribution < 1.29 is 9.84 Å². The predicted octanol–water partition coefficient (Wildman–Crippen LogP) is 2.50. The largest absolute Gasteiger partial charge is 0.377 e. The molecule has 0 aromatic heterocycles. The highest BCUT2D eigenvalue weighted by atomic mass is 16.5. The van der Waals surface area contributed by atoms with Gasteiger partial charge in [0.1, 0.15) is 12.2 Å². The molecule has 0 aromatic carbocycles. The Morgan fingerprint density at radius 1 is 1.12 bits per heavy atom. The second-order valence-corrected chi connectivity index (χ2v) is 5.14. The van der Waals surface area contributed by atoms with E-state index in [9.17, 15) is 5.11 Å². The molecular weight excluding hydrogens is 200 g/mol. The number of rotatable bonds is 2. The summed E-state index contributed by atoms with van der Waals surface area (Å²) in [6.45, 7) is 3.11. The molecule has 0 aromatic rings. The van der Waals surface area contributed by atoms with Gasteiger partial charge in [0.25, 0.3) is 0 Å². The molecule has 1 N–H and O–H groups in total. The SMILES string of the molecule is CCOCC#CC1(O)CCC12CCCCC2. The molecule has 2 saturated carbocycles. The summed E-state index contributed by atoms with van der Waals surface area (Å²) in [6.07, 6.45) is 8.17. The Kier molecular flexibility index (Phi) is 3.56. The Morgan fingerprint density at radius 3 is 2.44 bits per heavy atom. The lowest BCUT2D eigenvalue weighted by atomic mass is 9.51. The molecule has 2 heteroatoms. The van der Waals surface area contributed by atoms with Crippen molar-refractivity contribution in [3.63, 3.8) is 0 Å². The Labute approximate surface area is 98.4 Å². The Hall–Kier alpha value is -0.520. The summed E-state index contributed by atoms with van der Waals surface area (Å²) in [7, 11) is 0. The van der Waals surface area contributed by atoms with Crippen molar-refractivity contribution in [3.05, 3.63) is 0 Å². The molecule has 0 aliphatic heterocycles. The van der Waals surface area contributed by atoms with Crippen LogP contribution in [-0.4, -0.2) is 23.9 Å². The van der Waals surface area contributed by atoms with Crippen molar-refractivity contribution in [1.29, 1.82) is 0 Å². The van der Waals surface area contributed by atoms with E-state index in [-0.39, 0.29) is 5.41 Å². The molecule has 16 heavy (non-hydrogen) atoms. The lowest BCUT2D eigenvalue weighted by molar-refractivity contribution is -0.141. The molecule has 2 aliphatic carbocycles. The minimum Gasteiger partial charge on any atom is -0.377 e. The Morgan fingerprint density at radius 2 is 1.88 bits per heavy atom. The molecule has 2 nitrogen and oxygen atoms in total. The summed E-state index contributed by atoms with van der Waals surface area (Å²) in [5.74, 6) is 6.05. The van der Waals surface area contributed by atoms with E-state index in [1.807, 2.05) is 6.92 Å². The minimum absolute atomic E-state index is 0.129. The van der Waals surface area contributed by atoms with E-state index in [4.69, 9.17) is 4.74 Å². The second-order valence-electron chi connectivity index (χ2n) is 5.14. The third-order valence-corrected chi connectivity index (χ3v) is 4.33. The molecule has 1 unspecified atom stereocenters. The van der Waals surface area contributed by atoms with E-state index in [0.717, 1.165) is 25.7 Å². The molecule has 0 bridgehead atoms. The number of hydrogen-bond acceptors (Lipinski definition) is 2. The third-order valence-electron chi connectivity index (χ3n) is 4.33. The lowest BCUT2D eigenvalue weighted by Gasteiger charge is -2.55. The fourth-order valence-electron chi connectivity index (χ4n) is 3.14. The van der Waals surface area contributed by atoms with Crippen molar-refractivity contribution in [3.8, 4) is 11.8 Å². The monoisotopic (exact) mass is 222 g/mol. The fraction of sp³-hybridized carbons (Fsp3) is 0.857. The number of ether oxygens (including phenoxy) is 1. The molecule has 0 amide bonds. The van der Waals surface area contributed by atoms with E-state index < -0.39 is 5.60 Å². The van der Waals surface area contributed by atoms with Gasteiger partial charge in [-0.2, -0.15) is 0 Å². The zero-order chi connectivity index (χ0) is 11.5. The first-order valence-corrected chi connectivity index (χ1v) is 6.53. The van der Waals surface area contributed by atoms with Crippen molar-refractivity contribution in [2.75, 3.05) is 13.2 Å². The molecule has 90 valence electrons. The van der Waals surface area contributed by atoms with Crippen LogP contribution in [-0.2, 0) is 4.74 Å². The van der Waals surface area contributed by atoms with Crippen LogP contribution in [0.25, 0.3) is 0 Å². The molecule has 1 spiro atoms. The van der Waals surface area contributed by atoms with Crippen LogP contribution in [0.2, 0.25) is 0 Å². The third kappa shape index (κ3) is 1.99. The summed E-state index contributed by atoms with van der Waals surface area (Å²) in [5, 5.41) is 10.6. The van der Waals surface area contributed by atoms with E-state index in [2.05, 4.69) is 11.8 Å². The predicted molar refractivity (Wildman–Crippen MR) is 64.0 cm³/mol. The first kappa shape index (κ1) is 12.0. The van der Waals surface area contributed by atoms with Crippen LogP contribution in [0.5, 0.6) is 0 Å². The Bertz CT molecular complexity index is 294. The van der Waals surface area contributed by atoms with Crippen LogP contribution in [0.4, 0.5) is 0 Å². The van der Waals surface area contributed by atoms with Gasteiger partial charge in [-0.3, -0.25) is 0 Å². The zero-order valence-electron chi connectivity index (χ0n) is 10.2. The first-order valence-electron chi connectivity index (χ1n) is 6.53. The van der Waals surface area contributed by atoms with Crippen LogP contribution in [0, 0.1) is 17.3 Å². The van der Waals surface area contributed by atoms with Crippen LogP contribution in [0.1, 0.15) is 51.9 Å². The first-order chi connectivity index (χ1) is 7.72. The quantitative estimate of drug-likeness (QED) is 0.574. The van der Waals surface area contributed by atoms with Gasteiger partial charge in [0.2, 0.25) is 0 Å². The minimum atomic E-state index is -0.704. The summed E-state index contributed by atoms with van der Waals surface area (Å²) >= 11 is 0. The van der Waals surface area contributed by atoms with Crippen molar-refractivity contribution in [1.82, 2.24) is 0 Å². The van der Waals surface area contributed by atoms with Gasteiger partial charge in [-0.15, -0.1) is 0 Å². The zero-order valence-corrected chi connectivity index (χ0v) is 10.2. The van der Waals surface area contributed by atoms with Crippen molar-refractivity contribution in [2.45, 2.75) is 57.5 Å². The van der Waals surface area contributed by atoms with Gasteiger partial charge in [-0.1, -0.05) is 31.1 Å². The number of hydrogen-bond donors (Lipinski definition) is 1. The molecule has 2 rings (SSSR count). The highest BCUT2D eigenvalue weighted by Crippen LogP contribution is 2.57. The maximum Gasteiger partial charge on any atom is 0.131 e. The molecular formula is C14H22O2. The van der Waals surface area contributed by atoms with Gasteiger partial charge in [-0.05, 0) is 32.6 Å². The number of aliphatic hydroxyl groups is 1. The van der Waals surface area contributed by atoms with E-state index in [1.165, 1.54) is 19.3 Å². The van der Waals surface area contributed by atoms with Gasteiger partial charge >= 0.3 is 0 Å². The van der Waals surface area contributed by atoms with Gasteiger partial charge in [0, 0.05) is 12.0 Å². The summed E-state index contributed by atoms with van der Waals surface area (Å²) < 4.78 is 5.19. The summed E-state index contributed by atoms with van der Waals surface area (Å²) in [6, 6.07) is 0. The smallest absolute Gasteiger partial charge is 0.131 e. The highest BCUT2D eigenvalue weighted by Gasteiger charge is 2.57. The average molecular weight is 222 g/mol. The summed E-state index contributed by atoms with van der Waals surface area (Å²) in [5.41, 5.74) is -0.574. The maximum atomic E-state index is 10.6. The fourth-order valence-corrected chi connectivity index (χ4v) is 3.14. The van der Waals surface area contributed by atoms with Crippen LogP contribution in [0.15, 0.2) is 0 Å². The van der Waals surface area contributed by atoms with E-state index in [1.54, 1.807) is 0 Å². The summed E-state index contributed by atoms with van der Waals surface area (Å²) in [4.78, 5) is 0. The standard InChI is InChI=1S/C14H22O2/c1-2-16-12-6-9-14(15)11-10-13(14)7-4-3-5-8-13/h15H,2-5,7-8,10-12H2,1H3. The molecule has 2 aliphatic rings. The van der Waals surface area contributed by atoms with E-state index >= 15 is 0 Å². The Balaban J connectivity index is 1.97. The highest BCUT2D eigenvalue weighted by molar-refractivity contribution is 5.26. The van der Waals surface area contributed by atoms with Gasteiger partial charge in [-0.25, -0.2) is 0 Å². The topological polar surface area (TPSA) is 29.5 Å². The van der Waals surface area contributed by atoms with Gasteiger partial charge in [0.05, 0.1) is 0 Å². The van der Waals surface area contributed by atoms with Crippen LogP contribution >= 0.6 is 0 Å². The molecule has 1 atom stereocenters. The van der Waals surface area contributed by atoms with Crippen LogP contribution in [0.3, 0.4) is 0 Å².